The first-order valence-corrected chi connectivity index (χ1v) is 7.24. The van der Waals surface area contributed by atoms with Gasteiger partial charge in [0.25, 0.3) is 0 Å². The Hall–Kier alpha value is -1.20. The molecule has 1 aliphatic rings. The summed E-state index contributed by atoms with van der Waals surface area (Å²) in [5.41, 5.74) is 1.81. The number of rotatable bonds is 2. The molecule has 1 aromatic heterocycles. The van der Waals surface area contributed by atoms with Crippen LogP contribution in [-0.2, 0) is 11.2 Å². The predicted octanol–water partition coefficient (Wildman–Crippen LogP) is 3.69. The number of fused-ring (bicyclic) bond motifs is 1. The van der Waals surface area contributed by atoms with E-state index in [1.54, 1.807) is 11.3 Å². The Bertz CT molecular complexity index is 606. The van der Waals surface area contributed by atoms with E-state index in [-0.39, 0.29) is 0 Å². The molecule has 3 rings (SSSR count). The van der Waals surface area contributed by atoms with Gasteiger partial charge in [-0.2, -0.15) is 0 Å². The summed E-state index contributed by atoms with van der Waals surface area (Å²) in [6.07, 6.45) is 1.52. The molecule has 1 heterocycles. The Morgan fingerprint density at radius 3 is 2.78 bits per heavy atom. The van der Waals surface area contributed by atoms with Crippen LogP contribution in [0.2, 0.25) is 0 Å². The molecule has 18 heavy (non-hydrogen) atoms. The lowest BCUT2D eigenvalue weighted by atomic mass is 10.1. The SMILES string of the molecule is O=C(O)C1CCc2sc(-c3ccc(Br)cc3)nc21. The quantitative estimate of drug-likeness (QED) is 0.917. The number of aliphatic carboxylic acids is 1. The summed E-state index contributed by atoms with van der Waals surface area (Å²) in [5, 5.41) is 10.0. The summed E-state index contributed by atoms with van der Waals surface area (Å²) >= 11 is 5.01. The van der Waals surface area contributed by atoms with Crippen LogP contribution in [-0.4, -0.2) is 16.1 Å². The molecule has 0 radical (unpaired) electrons. The first kappa shape index (κ1) is 11.9. The van der Waals surface area contributed by atoms with Gasteiger partial charge in [0.2, 0.25) is 0 Å². The largest absolute Gasteiger partial charge is 0.481 e. The highest BCUT2D eigenvalue weighted by Gasteiger charge is 2.32. The molecular weight excluding hydrogens is 314 g/mol. The lowest BCUT2D eigenvalue weighted by Crippen LogP contribution is -2.08. The highest BCUT2D eigenvalue weighted by Crippen LogP contribution is 2.39. The smallest absolute Gasteiger partial charge is 0.312 e. The van der Waals surface area contributed by atoms with Crippen molar-refractivity contribution in [3.05, 3.63) is 39.3 Å². The van der Waals surface area contributed by atoms with Gasteiger partial charge in [-0.05, 0) is 25.0 Å². The molecule has 1 aromatic carbocycles. The Labute approximate surface area is 117 Å². The van der Waals surface area contributed by atoms with Gasteiger partial charge in [0.15, 0.2) is 0 Å². The van der Waals surface area contributed by atoms with Crippen molar-refractivity contribution >= 4 is 33.2 Å². The molecular formula is C13H10BrNO2S. The third-order valence-electron chi connectivity index (χ3n) is 3.11. The van der Waals surface area contributed by atoms with Gasteiger partial charge in [-0.3, -0.25) is 4.79 Å². The molecule has 0 aliphatic heterocycles. The number of benzene rings is 1. The highest BCUT2D eigenvalue weighted by atomic mass is 79.9. The van der Waals surface area contributed by atoms with Crippen molar-refractivity contribution in [2.24, 2.45) is 0 Å². The number of halogens is 1. The number of hydrogen-bond acceptors (Lipinski definition) is 3. The van der Waals surface area contributed by atoms with E-state index in [0.29, 0.717) is 6.42 Å². The first-order valence-electron chi connectivity index (χ1n) is 5.63. The Morgan fingerprint density at radius 1 is 1.39 bits per heavy atom. The monoisotopic (exact) mass is 323 g/mol. The van der Waals surface area contributed by atoms with Crippen LogP contribution in [0.15, 0.2) is 28.7 Å². The van der Waals surface area contributed by atoms with Crippen LogP contribution in [0.5, 0.6) is 0 Å². The minimum atomic E-state index is -0.763. The standard InChI is InChI=1S/C13H10BrNO2S/c14-8-3-1-7(2-4-8)12-15-11-9(13(16)17)5-6-10(11)18-12/h1-4,9H,5-6H2,(H,16,17). The molecule has 2 aromatic rings. The highest BCUT2D eigenvalue weighted by molar-refractivity contribution is 9.10. The number of aromatic nitrogens is 1. The Morgan fingerprint density at radius 2 is 2.11 bits per heavy atom. The number of aryl methyl sites for hydroxylation is 1. The van der Waals surface area contributed by atoms with E-state index < -0.39 is 11.9 Å². The molecule has 1 aliphatic carbocycles. The van der Waals surface area contributed by atoms with Gasteiger partial charge in [-0.15, -0.1) is 11.3 Å². The molecule has 3 nitrogen and oxygen atoms in total. The molecule has 92 valence electrons. The molecule has 0 bridgehead atoms. The summed E-state index contributed by atoms with van der Waals surface area (Å²) in [6.45, 7) is 0. The first-order chi connectivity index (χ1) is 8.65. The second kappa shape index (κ2) is 4.48. The Kier molecular flexibility index (Phi) is 2.95. The van der Waals surface area contributed by atoms with Crippen molar-refractivity contribution < 1.29 is 9.90 Å². The maximum atomic E-state index is 11.1. The van der Waals surface area contributed by atoms with Crippen molar-refractivity contribution in [2.45, 2.75) is 18.8 Å². The molecule has 1 N–H and O–H groups in total. The third kappa shape index (κ3) is 1.97. The summed E-state index contributed by atoms with van der Waals surface area (Å²) in [5.74, 6) is -1.18. The zero-order chi connectivity index (χ0) is 12.7. The number of carboxylic acids is 1. The van der Waals surface area contributed by atoms with E-state index in [1.807, 2.05) is 24.3 Å². The van der Waals surface area contributed by atoms with Crippen molar-refractivity contribution in [1.82, 2.24) is 4.98 Å². The molecule has 5 heteroatoms. The molecule has 0 amide bonds. The fourth-order valence-electron chi connectivity index (χ4n) is 2.18. The molecule has 0 fully saturated rings. The summed E-state index contributed by atoms with van der Waals surface area (Å²) in [6, 6.07) is 7.93. The summed E-state index contributed by atoms with van der Waals surface area (Å²) in [4.78, 5) is 16.8. The van der Waals surface area contributed by atoms with Crippen LogP contribution in [0.1, 0.15) is 22.9 Å². The minimum absolute atomic E-state index is 0.416. The molecule has 0 saturated heterocycles. The maximum absolute atomic E-state index is 11.1. The van der Waals surface area contributed by atoms with E-state index >= 15 is 0 Å². The molecule has 0 saturated carbocycles. The van der Waals surface area contributed by atoms with E-state index in [9.17, 15) is 4.79 Å². The fourth-order valence-corrected chi connectivity index (χ4v) is 3.59. The second-order valence-corrected chi connectivity index (χ2v) is 6.26. The Balaban J connectivity index is 1.99. The van der Waals surface area contributed by atoms with Crippen LogP contribution in [0, 0.1) is 0 Å². The lowest BCUT2D eigenvalue weighted by Gasteiger charge is -2.01. The van der Waals surface area contributed by atoms with Crippen LogP contribution in [0.4, 0.5) is 0 Å². The lowest BCUT2D eigenvalue weighted by molar-refractivity contribution is -0.138. The van der Waals surface area contributed by atoms with Crippen molar-refractivity contribution in [3.63, 3.8) is 0 Å². The predicted molar refractivity (Wildman–Crippen MR) is 73.9 cm³/mol. The number of nitrogens with zero attached hydrogens (tertiary/aromatic N) is 1. The average Bonchev–Trinajstić information content (AvgIpc) is 2.88. The van der Waals surface area contributed by atoms with Gasteiger partial charge < -0.3 is 5.11 Å². The van der Waals surface area contributed by atoms with Crippen LogP contribution in [0.25, 0.3) is 10.6 Å². The minimum Gasteiger partial charge on any atom is -0.481 e. The van der Waals surface area contributed by atoms with Gasteiger partial charge in [-0.25, -0.2) is 4.98 Å². The number of carbonyl (C=O) groups is 1. The topological polar surface area (TPSA) is 50.2 Å². The van der Waals surface area contributed by atoms with Crippen LogP contribution < -0.4 is 0 Å². The van der Waals surface area contributed by atoms with Gasteiger partial charge in [0.05, 0.1) is 5.69 Å². The average molecular weight is 324 g/mol. The molecule has 1 unspecified atom stereocenters. The van der Waals surface area contributed by atoms with Gasteiger partial charge in [-0.1, -0.05) is 28.1 Å². The second-order valence-electron chi connectivity index (χ2n) is 4.26. The van der Waals surface area contributed by atoms with Crippen molar-refractivity contribution in [3.8, 4) is 10.6 Å². The van der Waals surface area contributed by atoms with E-state index in [2.05, 4.69) is 20.9 Å². The van der Waals surface area contributed by atoms with Crippen molar-refractivity contribution in [1.29, 1.82) is 0 Å². The third-order valence-corrected chi connectivity index (χ3v) is 4.82. The number of hydrogen-bond donors (Lipinski definition) is 1. The fraction of sp³-hybridized carbons (Fsp3) is 0.231. The zero-order valence-electron chi connectivity index (χ0n) is 9.39. The van der Waals surface area contributed by atoms with E-state index in [4.69, 9.17) is 5.11 Å². The van der Waals surface area contributed by atoms with Crippen LogP contribution in [0.3, 0.4) is 0 Å². The van der Waals surface area contributed by atoms with Crippen LogP contribution >= 0.6 is 27.3 Å². The molecule has 0 spiro atoms. The zero-order valence-corrected chi connectivity index (χ0v) is 11.8. The van der Waals surface area contributed by atoms with Gasteiger partial charge in [0.1, 0.15) is 10.9 Å². The van der Waals surface area contributed by atoms with Gasteiger partial charge >= 0.3 is 5.97 Å². The normalized spacial score (nSPS) is 17.7. The molecule has 1 atom stereocenters. The maximum Gasteiger partial charge on any atom is 0.312 e. The van der Waals surface area contributed by atoms with E-state index in [0.717, 1.165) is 32.0 Å². The van der Waals surface area contributed by atoms with Gasteiger partial charge in [0, 0.05) is 14.9 Å². The summed E-state index contributed by atoms with van der Waals surface area (Å²) < 4.78 is 1.03. The van der Waals surface area contributed by atoms with E-state index in [1.165, 1.54) is 0 Å². The summed E-state index contributed by atoms with van der Waals surface area (Å²) in [7, 11) is 0. The number of thiazole rings is 1. The van der Waals surface area contributed by atoms with Crippen molar-refractivity contribution in [2.75, 3.05) is 0 Å². The number of carboxylic acid groups (broad SMARTS) is 1.